The van der Waals surface area contributed by atoms with Gasteiger partial charge in [0.2, 0.25) is 0 Å². The molecule has 1 unspecified atom stereocenters. The van der Waals surface area contributed by atoms with Crippen molar-refractivity contribution in [1.82, 2.24) is 0 Å². The minimum atomic E-state index is 0.195. The second-order valence-corrected chi connectivity index (χ2v) is 4.60. The SMILES string of the molecule is CC(C)Oc1cccc(C(N)C2CC2)c1. The zero-order valence-electron chi connectivity index (χ0n) is 9.44. The third-order valence-electron chi connectivity index (χ3n) is 2.74. The summed E-state index contributed by atoms with van der Waals surface area (Å²) in [4.78, 5) is 0. The molecule has 0 heterocycles. The van der Waals surface area contributed by atoms with Crippen molar-refractivity contribution in [3.63, 3.8) is 0 Å². The second-order valence-electron chi connectivity index (χ2n) is 4.60. The minimum Gasteiger partial charge on any atom is -0.491 e. The van der Waals surface area contributed by atoms with Gasteiger partial charge in [-0.15, -0.1) is 0 Å². The van der Waals surface area contributed by atoms with E-state index in [9.17, 15) is 0 Å². The van der Waals surface area contributed by atoms with E-state index in [0.29, 0.717) is 5.92 Å². The first kappa shape index (κ1) is 10.5. The maximum absolute atomic E-state index is 6.14. The van der Waals surface area contributed by atoms with Crippen LogP contribution in [0.1, 0.15) is 38.3 Å². The van der Waals surface area contributed by atoms with Gasteiger partial charge >= 0.3 is 0 Å². The number of ether oxygens (including phenoxy) is 1. The van der Waals surface area contributed by atoms with Crippen LogP contribution in [0.2, 0.25) is 0 Å². The lowest BCUT2D eigenvalue weighted by Gasteiger charge is -2.14. The van der Waals surface area contributed by atoms with Gasteiger partial charge in [-0.05, 0) is 50.3 Å². The average Bonchev–Trinajstić information content (AvgIpc) is 2.99. The van der Waals surface area contributed by atoms with E-state index >= 15 is 0 Å². The summed E-state index contributed by atoms with van der Waals surface area (Å²) in [6, 6.07) is 8.37. The van der Waals surface area contributed by atoms with Gasteiger partial charge in [0.1, 0.15) is 5.75 Å². The van der Waals surface area contributed by atoms with E-state index in [4.69, 9.17) is 10.5 Å². The third kappa shape index (κ3) is 2.72. The lowest BCUT2D eigenvalue weighted by atomic mass is 10.0. The summed E-state index contributed by atoms with van der Waals surface area (Å²) in [5, 5.41) is 0. The highest BCUT2D eigenvalue weighted by molar-refractivity contribution is 5.31. The second kappa shape index (κ2) is 4.23. The summed E-state index contributed by atoms with van der Waals surface area (Å²) >= 11 is 0. The van der Waals surface area contributed by atoms with Gasteiger partial charge in [0.15, 0.2) is 0 Å². The Bertz CT molecular complexity index is 331. The average molecular weight is 205 g/mol. The standard InChI is InChI=1S/C13H19NO/c1-9(2)15-12-5-3-4-11(8-12)13(14)10-6-7-10/h3-5,8-10,13H,6-7,14H2,1-2H3. The largest absolute Gasteiger partial charge is 0.491 e. The molecule has 1 fully saturated rings. The van der Waals surface area contributed by atoms with Crippen LogP contribution in [0.5, 0.6) is 5.75 Å². The van der Waals surface area contributed by atoms with Gasteiger partial charge in [-0.3, -0.25) is 0 Å². The van der Waals surface area contributed by atoms with Crippen molar-refractivity contribution >= 4 is 0 Å². The normalized spacial score (nSPS) is 17.9. The first-order valence-electron chi connectivity index (χ1n) is 5.69. The Morgan fingerprint density at radius 3 is 2.67 bits per heavy atom. The lowest BCUT2D eigenvalue weighted by Crippen LogP contribution is -2.13. The summed E-state index contributed by atoms with van der Waals surface area (Å²) < 4.78 is 5.65. The van der Waals surface area contributed by atoms with E-state index in [0.717, 1.165) is 5.75 Å². The van der Waals surface area contributed by atoms with Gasteiger partial charge < -0.3 is 10.5 Å². The van der Waals surface area contributed by atoms with Crippen LogP contribution in [-0.2, 0) is 0 Å². The Labute approximate surface area is 91.4 Å². The van der Waals surface area contributed by atoms with Crippen molar-refractivity contribution in [2.45, 2.75) is 38.8 Å². The van der Waals surface area contributed by atoms with Crippen LogP contribution in [0.15, 0.2) is 24.3 Å². The highest BCUT2D eigenvalue weighted by Crippen LogP contribution is 2.39. The molecule has 2 rings (SSSR count). The molecular weight excluding hydrogens is 186 g/mol. The van der Waals surface area contributed by atoms with Gasteiger partial charge in [0, 0.05) is 6.04 Å². The van der Waals surface area contributed by atoms with Crippen molar-refractivity contribution in [3.05, 3.63) is 29.8 Å². The Hall–Kier alpha value is -1.02. The molecule has 0 spiro atoms. The van der Waals surface area contributed by atoms with E-state index in [-0.39, 0.29) is 12.1 Å². The molecule has 1 aliphatic carbocycles. The molecule has 0 radical (unpaired) electrons. The van der Waals surface area contributed by atoms with Crippen LogP contribution in [0.4, 0.5) is 0 Å². The predicted octanol–water partition coefficient (Wildman–Crippen LogP) is 2.88. The van der Waals surface area contributed by atoms with Crippen molar-refractivity contribution in [3.8, 4) is 5.75 Å². The summed E-state index contributed by atoms with van der Waals surface area (Å²) in [6.45, 7) is 4.07. The van der Waals surface area contributed by atoms with Crippen molar-refractivity contribution in [2.75, 3.05) is 0 Å². The first-order valence-corrected chi connectivity index (χ1v) is 5.69. The molecule has 1 saturated carbocycles. The maximum atomic E-state index is 6.14. The molecule has 0 aliphatic heterocycles. The molecule has 1 aliphatic rings. The summed E-state index contributed by atoms with van der Waals surface area (Å²) in [5.41, 5.74) is 7.35. The van der Waals surface area contributed by atoms with Crippen molar-refractivity contribution in [1.29, 1.82) is 0 Å². The molecule has 15 heavy (non-hydrogen) atoms. The van der Waals surface area contributed by atoms with E-state index in [1.165, 1.54) is 18.4 Å². The number of nitrogens with two attached hydrogens (primary N) is 1. The molecular formula is C13H19NO. The topological polar surface area (TPSA) is 35.2 Å². The molecule has 82 valence electrons. The maximum Gasteiger partial charge on any atom is 0.120 e. The number of benzene rings is 1. The zero-order chi connectivity index (χ0) is 10.8. The Balaban J connectivity index is 2.10. The fourth-order valence-corrected chi connectivity index (χ4v) is 1.79. The Morgan fingerprint density at radius 2 is 2.07 bits per heavy atom. The van der Waals surface area contributed by atoms with Crippen LogP contribution in [-0.4, -0.2) is 6.10 Å². The van der Waals surface area contributed by atoms with Crippen LogP contribution in [0.3, 0.4) is 0 Å². The smallest absolute Gasteiger partial charge is 0.120 e. The highest BCUT2D eigenvalue weighted by atomic mass is 16.5. The third-order valence-corrected chi connectivity index (χ3v) is 2.74. The molecule has 2 heteroatoms. The van der Waals surface area contributed by atoms with Crippen LogP contribution < -0.4 is 10.5 Å². The summed E-state index contributed by atoms with van der Waals surface area (Å²) in [7, 11) is 0. The summed E-state index contributed by atoms with van der Waals surface area (Å²) in [5.74, 6) is 1.62. The molecule has 0 saturated heterocycles. The number of hydrogen-bond acceptors (Lipinski definition) is 2. The van der Waals surface area contributed by atoms with Gasteiger partial charge in [-0.1, -0.05) is 12.1 Å². The highest BCUT2D eigenvalue weighted by Gasteiger charge is 2.29. The minimum absolute atomic E-state index is 0.195. The first-order chi connectivity index (χ1) is 7.16. The number of rotatable bonds is 4. The number of hydrogen-bond donors (Lipinski definition) is 1. The van der Waals surface area contributed by atoms with Crippen molar-refractivity contribution < 1.29 is 4.74 Å². The van der Waals surface area contributed by atoms with E-state index in [1.807, 2.05) is 26.0 Å². The van der Waals surface area contributed by atoms with Crippen LogP contribution >= 0.6 is 0 Å². The molecule has 1 atom stereocenters. The van der Waals surface area contributed by atoms with Gasteiger partial charge in [-0.25, -0.2) is 0 Å². The quantitative estimate of drug-likeness (QED) is 0.820. The molecule has 1 aromatic carbocycles. The van der Waals surface area contributed by atoms with Crippen LogP contribution in [0.25, 0.3) is 0 Å². The van der Waals surface area contributed by atoms with Gasteiger partial charge in [0.25, 0.3) is 0 Å². The molecule has 0 amide bonds. The molecule has 0 aromatic heterocycles. The van der Waals surface area contributed by atoms with Gasteiger partial charge in [-0.2, -0.15) is 0 Å². The van der Waals surface area contributed by atoms with Crippen molar-refractivity contribution in [2.24, 2.45) is 11.7 Å². The van der Waals surface area contributed by atoms with E-state index in [1.54, 1.807) is 0 Å². The fraction of sp³-hybridized carbons (Fsp3) is 0.538. The molecule has 2 nitrogen and oxygen atoms in total. The van der Waals surface area contributed by atoms with E-state index < -0.39 is 0 Å². The van der Waals surface area contributed by atoms with Gasteiger partial charge in [0.05, 0.1) is 6.10 Å². The zero-order valence-corrected chi connectivity index (χ0v) is 9.44. The molecule has 2 N–H and O–H groups in total. The van der Waals surface area contributed by atoms with Crippen LogP contribution in [0, 0.1) is 5.92 Å². The monoisotopic (exact) mass is 205 g/mol. The van der Waals surface area contributed by atoms with E-state index in [2.05, 4.69) is 12.1 Å². The lowest BCUT2D eigenvalue weighted by molar-refractivity contribution is 0.242. The predicted molar refractivity (Wildman–Crippen MR) is 61.9 cm³/mol. The molecule has 1 aromatic rings. The summed E-state index contributed by atoms with van der Waals surface area (Å²) in [6.07, 6.45) is 2.77. The molecule has 0 bridgehead atoms. The Morgan fingerprint density at radius 1 is 1.33 bits per heavy atom. The fourth-order valence-electron chi connectivity index (χ4n) is 1.79. The Kier molecular flexibility index (Phi) is 2.96.